The lowest BCUT2D eigenvalue weighted by atomic mass is 9.84. The van der Waals surface area contributed by atoms with Gasteiger partial charge in [-0.3, -0.25) is 9.78 Å². The number of halogens is 1. The molecule has 0 aromatic carbocycles. The van der Waals surface area contributed by atoms with Gasteiger partial charge in [-0.25, -0.2) is 0 Å². The van der Waals surface area contributed by atoms with Crippen LogP contribution in [0.5, 0.6) is 0 Å². The van der Waals surface area contributed by atoms with Crippen molar-refractivity contribution in [3.05, 3.63) is 24.0 Å². The van der Waals surface area contributed by atoms with Gasteiger partial charge in [-0.15, -0.1) is 12.4 Å². The van der Waals surface area contributed by atoms with Gasteiger partial charge < -0.3 is 11.1 Å². The van der Waals surface area contributed by atoms with Gasteiger partial charge in [0, 0.05) is 24.1 Å². The minimum atomic E-state index is -0.0950. The monoisotopic (exact) mass is 283 g/mol. The maximum atomic E-state index is 12.1. The molecule has 1 aromatic heterocycles. The molecular weight excluding hydrogens is 262 g/mol. The largest absolute Gasteiger partial charge is 0.398 e. The van der Waals surface area contributed by atoms with Crippen LogP contribution in [0.3, 0.4) is 0 Å². The van der Waals surface area contributed by atoms with Crippen molar-refractivity contribution in [1.29, 1.82) is 0 Å². The number of carbonyl (C=O) groups is 1. The van der Waals surface area contributed by atoms with Crippen molar-refractivity contribution in [3.63, 3.8) is 0 Å². The number of nitrogen functional groups attached to an aromatic ring is 1. The molecule has 5 heteroatoms. The van der Waals surface area contributed by atoms with E-state index in [-0.39, 0.29) is 24.4 Å². The molecule has 0 radical (unpaired) electrons. The third-order valence-electron chi connectivity index (χ3n) is 3.79. The molecule has 0 aliphatic heterocycles. The summed E-state index contributed by atoms with van der Waals surface area (Å²) >= 11 is 0. The topological polar surface area (TPSA) is 68.0 Å². The first-order valence-electron chi connectivity index (χ1n) is 6.71. The van der Waals surface area contributed by atoms with Crippen molar-refractivity contribution >= 4 is 24.0 Å². The van der Waals surface area contributed by atoms with Crippen LogP contribution in [0.15, 0.2) is 18.5 Å². The van der Waals surface area contributed by atoms with E-state index in [4.69, 9.17) is 5.73 Å². The van der Waals surface area contributed by atoms with Gasteiger partial charge in [0.1, 0.15) is 0 Å². The fourth-order valence-electron chi connectivity index (χ4n) is 2.65. The molecule has 1 aliphatic rings. The lowest BCUT2D eigenvalue weighted by Gasteiger charge is -2.29. The molecule has 0 bridgehead atoms. The minimum absolute atomic E-state index is 0. The number of anilines is 1. The van der Waals surface area contributed by atoms with Crippen molar-refractivity contribution in [2.75, 3.05) is 5.73 Å². The van der Waals surface area contributed by atoms with Gasteiger partial charge in [0.15, 0.2) is 0 Å². The van der Waals surface area contributed by atoms with Crippen molar-refractivity contribution in [2.45, 2.75) is 45.1 Å². The van der Waals surface area contributed by atoms with Crippen molar-refractivity contribution in [1.82, 2.24) is 10.3 Å². The fraction of sp³-hybridized carbons (Fsp3) is 0.571. The molecule has 1 aromatic rings. The van der Waals surface area contributed by atoms with Crippen LogP contribution in [0.25, 0.3) is 0 Å². The Hall–Kier alpha value is -1.29. The number of pyridine rings is 1. The molecule has 1 amide bonds. The zero-order valence-electron chi connectivity index (χ0n) is 11.3. The number of nitrogens with one attached hydrogen (secondary N) is 1. The van der Waals surface area contributed by atoms with E-state index in [1.54, 1.807) is 12.3 Å². The highest BCUT2D eigenvalue weighted by molar-refractivity contribution is 5.98. The Balaban J connectivity index is 0.00000180. The molecule has 1 aliphatic carbocycles. The summed E-state index contributed by atoms with van der Waals surface area (Å²) < 4.78 is 0. The number of nitrogens with zero attached hydrogens (tertiary/aromatic N) is 1. The van der Waals surface area contributed by atoms with Crippen LogP contribution < -0.4 is 11.1 Å². The smallest absolute Gasteiger partial charge is 0.255 e. The van der Waals surface area contributed by atoms with E-state index in [1.807, 2.05) is 0 Å². The highest BCUT2D eigenvalue weighted by Crippen LogP contribution is 2.26. The maximum absolute atomic E-state index is 12.1. The average molecular weight is 284 g/mol. The van der Waals surface area contributed by atoms with Crippen LogP contribution in [0.1, 0.15) is 49.4 Å². The first-order valence-corrected chi connectivity index (χ1v) is 6.71. The van der Waals surface area contributed by atoms with Gasteiger partial charge in [-0.05, 0) is 24.8 Å². The second kappa shape index (κ2) is 7.34. The molecule has 19 heavy (non-hydrogen) atoms. The lowest BCUT2D eigenvalue weighted by Crippen LogP contribution is -2.38. The first kappa shape index (κ1) is 15.8. The number of carbonyl (C=O) groups excluding carboxylic acids is 1. The van der Waals surface area contributed by atoms with Crippen LogP contribution in [-0.2, 0) is 0 Å². The molecule has 3 N–H and O–H groups in total. The van der Waals surface area contributed by atoms with Crippen molar-refractivity contribution in [2.24, 2.45) is 5.92 Å². The number of hydrogen-bond donors (Lipinski definition) is 2. The zero-order chi connectivity index (χ0) is 13.0. The standard InChI is InChI=1S/C14H21N3O.ClH/c1-2-10-4-3-5-11(8-10)17-14(18)12-9-16-7-6-13(12)15;/h6-7,9-11H,2-5,8H2,1H3,(H2,15,16)(H,17,18);1H. The van der Waals surface area contributed by atoms with E-state index in [2.05, 4.69) is 17.2 Å². The predicted octanol–water partition coefficient (Wildman–Crippen LogP) is 2.78. The summed E-state index contributed by atoms with van der Waals surface area (Å²) in [5, 5.41) is 3.08. The van der Waals surface area contributed by atoms with E-state index < -0.39 is 0 Å². The molecule has 2 atom stereocenters. The second-order valence-corrected chi connectivity index (χ2v) is 5.07. The number of hydrogen-bond acceptors (Lipinski definition) is 3. The van der Waals surface area contributed by atoms with Crippen LogP contribution in [0.2, 0.25) is 0 Å². The molecule has 2 unspecified atom stereocenters. The van der Waals surface area contributed by atoms with E-state index in [9.17, 15) is 4.79 Å². The number of aromatic nitrogens is 1. The van der Waals surface area contributed by atoms with Gasteiger partial charge >= 0.3 is 0 Å². The molecule has 4 nitrogen and oxygen atoms in total. The van der Waals surface area contributed by atoms with Gasteiger partial charge in [-0.1, -0.05) is 26.2 Å². The SMILES string of the molecule is CCC1CCCC(NC(=O)c2cnccc2N)C1.Cl. The van der Waals surface area contributed by atoms with Crippen LogP contribution >= 0.6 is 12.4 Å². The first-order chi connectivity index (χ1) is 8.70. The Bertz CT molecular complexity index is 425. The molecule has 0 saturated heterocycles. The summed E-state index contributed by atoms with van der Waals surface area (Å²) in [5.74, 6) is 0.651. The molecule has 2 rings (SSSR count). The second-order valence-electron chi connectivity index (χ2n) is 5.07. The van der Waals surface area contributed by atoms with E-state index >= 15 is 0 Å². The third-order valence-corrected chi connectivity index (χ3v) is 3.79. The van der Waals surface area contributed by atoms with Crippen LogP contribution in [0, 0.1) is 5.92 Å². The summed E-state index contributed by atoms with van der Waals surface area (Å²) in [7, 11) is 0. The summed E-state index contributed by atoms with van der Waals surface area (Å²) in [6.07, 6.45) is 8.97. The summed E-state index contributed by atoms with van der Waals surface area (Å²) in [5.41, 5.74) is 6.75. The van der Waals surface area contributed by atoms with Crippen LogP contribution in [0.4, 0.5) is 5.69 Å². The van der Waals surface area contributed by atoms with Crippen molar-refractivity contribution < 1.29 is 4.79 Å². The Morgan fingerprint density at radius 1 is 1.53 bits per heavy atom. The van der Waals surface area contributed by atoms with Crippen molar-refractivity contribution in [3.8, 4) is 0 Å². The van der Waals surface area contributed by atoms with Gasteiger partial charge in [0.05, 0.1) is 5.56 Å². The average Bonchev–Trinajstić information content (AvgIpc) is 2.39. The highest BCUT2D eigenvalue weighted by Gasteiger charge is 2.23. The third kappa shape index (κ3) is 4.10. The minimum Gasteiger partial charge on any atom is -0.398 e. The number of nitrogens with two attached hydrogens (primary N) is 1. The van der Waals surface area contributed by atoms with Gasteiger partial charge in [0.25, 0.3) is 5.91 Å². The Kier molecular flexibility index (Phi) is 6.09. The Morgan fingerprint density at radius 2 is 2.32 bits per heavy atom. The van der Waals surface area contributed by atoms with Crippen LogP contribution in [-0.4, -0.2) is 16.9 Å². The molecule has 1 heterocycles. The summed E-state index contributed by atoms with van der Waals surface area (Å²) in [6.45, 7) is 2.22. The molecular formula is C14H22ClN3O. The Morgan fingerprint density at radius 3 is 3.00 bits per heavy atom. The normalized spacial score (nSPS) is 22.4. The zero-order valence-corrected chi connectivity index (χ0v) is 12.1. The quantitative estimate of drug-likeness (QED) is 0.896. The molecule has 0 spiro atoms. The predicted molar refractivity (Wildman–Crippen MR) is 79.4 cm³/mol. The highest BCUT2D eigenvalue weighted by atomic mass is 35.5. The van der Waals surface area contributed by atoms with E-state index in [0.29, 0.717) is 11.3 Å². The molecule has 1 fully saturated rings. The molecule has 1 saturated carbocycles. The lowest BCUT2D eigenvalue weighted by molar-refractivity contribution is 0.0919. The summed E-state index contributed by atoms with van der Waals surface area (Å²) in [4.78, 5) is 16.0. The maximum Gasteiger partial charge on any atom is 0.255 e. The Labute approximate surface area is 120 Å². The van der Waals surface area contributed by atoms with Gasteiger partial charge in [0.2, 0.25) is 0 Å². The number of amides is 1. The van der Waals surface area contributed by atoms with Gasteiger partial charge in [-0.2, -0.15) is 0 Å². The molecule has 106 valence electrons. The van der Waals surface area contributed by atoms with E-state index in [0.717, 1.165) is 18.8 Å². The fourth-order valence-corrected chi connectivity index (χ4v) is 2.65. The van der Waals surface area contributed by atoms with E-state index in [1.165, 1.54) is 25.5 Å². The number of rotatable bonds is 3. The summed E-state index contributed by atoms with van der Waals surface area (Å²) in [6, 6.07) is 1.95.